The summed E-state index contributed by atoms with van der Waals surface area (Å²) in [5.74, 6) is -5.76. The second-order valence-electron chi connectivity index (χ2n) is 6.93. The van der Waals surface area contributed by atoms with Gasteiger partial charge in [-0.3, -0.25) is 24.0 Å². The van der Waals surface area contributed by atoms with E-state index in [1.54, 1.807) is 0 Å². The van der Waals surface area contributed by atoms with Crippen molar-refractivity contribution < 1.29 is 77.8 Å². The zero-order valence-corrected chi connectivity index (χ0v) is 21.1. The quantitative estimate of drug-likeness (QED) is 0.146. The van der Waals surface area contributed by atoms with Crippen LogP contribution in [0.4, 0.5) is 5.13 Å². The topological polar surface area (TPSA) is 212 Å². The second kappa shape index (κ2) is 10.6. The zero-order valence-electron chi connectivity index (χ0n) is 18.3. The summed E-state index contributed by atoms with van der Waals surface area (Å²) >= 11 is 1.01. The first-order valence-electron chi connectivity index (χ1n) is 9.24. The van der Waals surface area contributed by atoms with Crippen molar-refractivity contribution in [2.45, 2.75) is 31.0 Å². The van der Waals surface area contributed by atoms with Crippen LogP contribution in [-0.4, -0.2) is 77.1 Å². The maximum Gasteiger partial charge on any atom is 1.00 e. The van der Waals surface area contributed by atoms with Crippen LogP contribution in [-0.2, 0) is 43.1 Å². The van der Waals surface area contributed by atoms with Crippen molar-refractivity contribution in [2.24, 2.45) is 5.16 Å². The van der Waals surface area contributed by atoms with Crippen molar-refractivity contribution in [2.75, 3.05) is 26.1 Å². The minimum Gasteiger partial charge on any atom is -0.544 e. The Labute approximate surface area is 217 Å². The first-order valence-corrected chi connectivity index (χ1v) is 10.1. The van der Waals surface area contributed by atoms with Gasteiger partial charge in [0.1, 0.15) is 32.0 Å². The number of amides is 2. The van der Waals surface area contributed by atoms with Crippen LogP contribution in [0.15, 0.2) is 10.5 Å². The Balaban J connectivity index is 0.00000408. The Kier molecular flexibility index (Phi) is 8.59. The fraction of sp³-hybridized carbons (Fsp3) is 0.471. The summed E-state index contributed by atoms with van der Waals surface area (Å²) in [6, 6.07) is 0. The molecule has 0 bridgehead atoms. The average Bonchev–Trinajstić information content (AvgIpc) is 3.43. The summed E-state index contributed by atoms with van der Waals surface area (Å²) in [4.78, 5) is 75.0. The van der Waals surface area contributed by atoms with E-state index in [1.807, 2.05) is 0 Å². The molecule has 1 aromatic rings. The molecule has 3 heterocycles. The summed E-state index contributed by atoms with van der Waals surface area (Å²) in [6.07, 6.45) is -0.772. The smallest absolute Gasteiger partial charge is 0.544 e. The Bertz CT molecular complexity index is 1050. The van der Waals surface area contributed by atoms with E-state index in [2.05, 4.69) is 20.3 Å². The Morgan fingerprint density at radius 2 is 2.12 bits per heavy atom. The van der Waals surface area contributed by atoms with E-state index < -0.39 is 60.6 Å². The van der Waals surface area contributed by atoms with Crippen molar-refractivity contribution in [1.82, 2.24) is 15.4 Å². The Hall–Kier alpha value is -2.79. The number of carbonyl (C=O) groups excluding carboxylic acids is 5. The summed E-state index contributed by atoms with van der Waals surface area (Å²) in [5.41, 5.74) is 0.586. The number of aliphatic carboxylic acids is 1. The van der Waals surface area contributed by atoms with Crippen LogP contribution in [0.25, 0.3) is 0 Å². The van der Waals surface area contributed by atoms with Gasteiger partial charge in [-0.1, -0.05) is 5.16 Å². The molecule has 17 heteroatoms. The summed E-state index contributed by atoms with van der Waals surface area (Å²) in [7, 11) is 1.17. The van der Waals surface area contributed by atoms with Gasteiger partial charge >= 0.3 is 41.5 Å². The molecule has 3 N–H and O–H groups in total. The number of carbonyl (C=O) groups is 5. The molecule has 1 aromatic heterocycles. The van der Waals surface area contributed by atoms with Gasteiger partial charge in [0.05, 0.1) is 6.42 Å². The summed E-state index contributed by atoms with van der Waals surface area (Å²) < 4.78 is 9.76. The van der Waals surface area contributed by atoms with E-state index in [9.17, 15) is 29.1 Å². The molecule has 2 saturated heterocycles. The van der Waals surface area contributed by atoms with Gasteiger partial charge in [-0.05, 0) is 0 Å². The number of oxime groups is 1. The average molecular weight is 507 g/mol. The van der Waals surface area contributed by atoms with Crippen molar-refractivity contribution >= 4 is 51.9 Å². The molecule has 0 aliphatic carbocycles. The molecule has 34 heavy (non-hydrogen) atoms. The van der Waals surface area contributed by atoms with Gasteiger partial charge in [-0.25, -0.2) is 4.98 Å². The van der Waals surface area contributed by atoms with Gasteiger partial charge in [-0.2, -0.15) is 5.06 Å². The van der Waals surface area contributed by atoms with Gasteiger partial charge in [-0.15, -0.1) is 11.3 Å². The molecule has 0 aromatic carbocycles. The van der Waals surface area contributed by atoms with E-state index >= 15 is 0 Å². The Morgan fingerprint density at radius 1 is 1.41 bits per heavy atom. The van der Waals surface area contributed by atoms with Crippen molar-refractivity contribution in [1.29, 1.82) is 0 Å². The molecule has 2 atom stereocenters. The molecule has 3 rings (SSSR count). The molecule has 0 spiro atoms. The first kappa shape index (κ1) is 27.5. The number of ether oxygens (including phenoxy) is 2. The number of nitrogen functional groups attached to an aromatic ring is 1. The van der Waals surface area contributed by atoms with Gasteiger partial charge in [0.2, 0.25) is 0 Å². The van der Waals surface area contributed by atoms with E-state index in [0.29, 0.717) is 5.06 Å². The largest absolute Gasteiger partial charge is 1.00 e. The molecule has 0 radical (unpaired) electrons. The molecule has 2 unspecified atom stereocenters. The maximum atomic E-state index is 13.3. The summed E-state index contributed by atoms with van der Waals surface area (Å²) in [5, 5.41) is 19.6. The van der Waals surface area contributed by atoms with Crippen LogP contribution < -0.4 is 45.7 Å². The molecule has 2 amide bonds. The van der Waals surface area contributed by atoms with Gasteiger partial charge in [0, 0.05) is 18.7 Å². The number of esters is 2. The maximum absolute atomic E-state index is 13.3. The van der Waals surface area contributed by atoms with Crippen molar-refractivity contribution in [3.05, 3.63) is 11.1 Å². The fourth-order valence-electron chi connectivity index (χ4n) is 3.11. The molecule has 2 aliphatic heterocycles. The normalized spacial score (nSPS) is 24.3. The minimum absolute atomic E-state index is 0. The second-order valence-corrected chi connectivity index (χ2v) is 7.82. The van der Waals surface area contributed by atoms with Gasteiger partial charge in [0.25, 0.3) is 17.5 Å². The third-order valence-electron chi connectivity index (χ3n) is 4.67. The number of hydrogen-bond donors (Lipinski definition) is 2. The molecular formula is C17H18N5NaO10S. The molecule has 2 aliphatic rings. The number of hydroxylamine groups is 2. The van der Waals surface area contributed by atoms with Gasteiger partial charge in [0.15, 0.2) is 16.4 Å². The van der Waals surface area contributed by atoms with Crippen LogP contribution >= 0.6 is 11.3 Å². The predicted molar refractivity (Wildman–Crippen MR) is 103 cm³/mol. The summed E-state index contributed by atoms with van der Waals surface area (Å²) in [6.45, 7) is -0.346. The third kappa shape index (κ3) is 5.15. The van der Waals surface area contributed by atoms with Gasteiger partial charge < -0.3 is 35.3 Å². The van der Waals surface area contributed by atoms with E-state index in [0.717, 1.165) is 18.3 Å². The van der Waals surface area contributed by atoms with Crippen molar-refractivity contribution in [3.63, 3.8) is 0 Å². The van der Waals surface area contributed by atoms with Crippen molar-refractivity contribution in [3.8, 4) is 0 Å². The van der Waals surface area contributed by atoms with Crippen LogP contribution in [0.5, 0.6) is 0 Å². The Morgan fingerprint density at radius 3 is 2.62 bits per heavy atom. The third-order valence-corrected chi connectivity index (χ3v) is 5.34. The first-order chi connectivity index (χ1) is 15.5. The number of carboxylic acid groups (broad SMARTS) is 1. The molecular weight excluding hydrogens is 489 g/mol. The molecule has 0 saturated carbocycles. The number of nitrogens with one attached hydrogen (secondary N) is 1. The number of rotatable bonds is 8. The van der Waals surface area contributed by atoms with E-state index in [4.69, 9.17) is 20.0 Å². The monoisotopic (exact) mass is 507 g/mol. The standard InChI is InChI=1S/C17H19N5O10S.Na/c1-8(23)30-6-16(20-12(25)11(21-29-2)9-5-33-15(18)19-9)7-31-22(13(16)26)17(14(27)28)4-3-10(24)32-17;/h5H,3-4,6-7H2,1-2H3,(H2,18,19)(H,20,25)(H,27,28);/q;+1/p-1. The van der Waals surface area contributed by atoms with Crippen LogP contribution in [0.3, 0.4) is 0 Å². The number of hydrogen-bond acceptors (Lipinski definition) is 14. The molecule has 178 valence electrons. The number of carboxylic acids is 1. The van der Waals surface area contributed by atoms with E-state index in [-0.39, 0.29) is 52.5 Å². The predicted octanol–water partition coefficient (Wildman–Crippen LogP) is -5.95. The number of aromatic nitrogens is 1. The van der Waals surface area contributed by atoms with E-state index in [1.165, 1.54) is 12.5 Å². The molecule has 2 fully saturated rings. The number of cyclic esters (lactones) is 1. The number of nitrogens with two attached hydrogens (primary N) is 1. The number of anilines is 1. The number of thiazole rings is 1. The van der Waals surface area contributed by atoms with Crippen LogP contribution in [0, 0.1) is 0 Å². The SMILES string of the molecule is CON=C(C(=O)NC1(COC(C)=O)CON(C2(C(=O)[O-])CCC(=O)O2)C1=O)c1csc(N)n1.[Na+]. The zero-order chi connectivity index (χ0) is 24.4. The minimum atomic E-state index is -2.55. The fourth-order valence-corrected chi connectivity index (χ4v) is 3.66. The number of nitrogens with zero attached hydrogens (tertiary/aromatic N) is 3. The van der Waals surface area contributed by atoms with Crippen LogP contribution in [0.2, 0.25) is 0 Å². The molecule has 15 nitrogen and oxygen atoms in total. The van der Waals surface area contributed by atoms with Crippen LogP contribution in [0.1, 0.15) is 25.5 Å².